The van der Waals surface area contributed by atoms with E-state index in [0.29, 0.717) is 0 Å². The molecule has 1 aromatic rings. The van der Waals surface area contributed by atoms with Gasteiger partial charge in [-0.1, -0.05) is 18.3 Å². The van der Waals surface area contributed by atoms with E-state index in [1.54, 1.807) is 0 Å². The molecule has 0 spiro atoms. The summed E-state index contributed by atoms with van der Waals surface area (Å²) in [5.74, 6) is -0.670. The van der Waals surface area contributed by atoms with Gasteiger partial charge < -0.3 is 5.73 Å². The normalized spacial score (nSPS) is 11.5. The molecule has 0 aromatic heterocycles. The Morgan fingerprint density at radius 2 is 2.06 bits per heavy atom. The summed E-state index contributed by atoms with van der Waals surface area (Å²) >= 11 is 4.68. The Morgan fingerprint density at radius 1 is 1.47 bits per heavy atom. The molecule has 17 heavy (non-hydrogen) atoms. The fraction of sp³-hybridized carbons (Fsp3) is 0.222. The summed E-state index contributed by atoms with van der Waals surface area (Å²) in [6, 6.07) is 3.91. The number of halogens is 1. The van der Waals surface area contributed by atoms with Crippen molar-refractivity contribution in [2.75, 3.05) is 18.8 Å². The van der Waals surface area contributed by atoms with Crippen LogP contribution < -0.4 is 10.5 Å². The number of nitrogens with two attached hydrogens (primary N) is 1. The molecule has 0 saturated carbocycles. The predicted molar refractivity (Wildman–Crippen MR) is 68.5 cm³/mol. The third-order valence-electron chi connectivity index (χ3n) is 1.98. The molecule has 0 aliphatic rings. The minimum absolute atomic E-state index is 0.0196. The summed E-state index contributed by atoms with van der Waals surface area (Å²) in [4.78, 5) is -0.209. The Morgan fingerprint density at radius 3 is 2.53 bits per heavy atom. The first kappa shape index (κ1) is 13.8. The second kappa shape index (κ2) is 4.94. The van der Waals surface area contributed by atoms with Crippen LogP contribution in [0.25, 0.3) is 0 Å². The van der Waals surface area contributed by atoms with Crippen LogP contribution in [0.2, 0.25) is 0 Å². The van der Waals surface area contributed by atoms with Gasteiger partial charge in [-0.15, -0.1) is 0 Å². The van der Waals surface area contributed by atoms with Gasteiger partial charge in [0.05, 0.1) is 11.3 Å². The van der Waals surface area contributed by atoms with Crippen molar-refractivity contribution in [3.05, 3.63) is 29.6 Å². The average molecular weight is 277 g/mol. The molecule has 1 aromatic carbocycles. The maximum Gasteiger partial charge on any atom is 0.301 e. The number of benzene rings is 1. The van der Waals surface area contributed by atoms with Crippen molar-refractivity contribution in [2.45, 2.75) is 0 Å². The molecule has 0 unspecified atom stereocenters. The van der Waals surface area contributed by atoms with Crippen molar-refractivity contribution in [3.63, 3.8) is 0 Å². The van der Waals surface area contributed by atoms with Gasteiger partial charge in [0.1, 0.15) is 10.8 Å². The first-order chi connectivity index (χ1) is 7.75. The lowest BCUT2D eigenvalue weighted by Crippen LogP contribution is -2.30. The lowest BCUT2D eigenvalue weighted by molar-refractivity contribution is 0.526. The molecule has 1 rings (SSSR count). The van der Waals surface area contributed by atoms with Crippen LogP contribution >= 0.6 is 12.2 Å². The third-order valence-corrected chi connectivity index (χ3v) is 3.62. The molecular formula is C9H12FN3O2S2. The quantitative estimate of drug-likeness (QED) is 0.794. The van der Waals surface area contributed by atoms with Crippen molar-refractivity contribution < 1.29 is 12.8 Å². The highest BCUT2D eigenvalue weighted by Gasteiger charge is 2.18. The number of hydrogen-bond acceptors (Lipinski definition) is 3. The van der Waals surface area contributed by atoms with E-state index in [-0.39, 0.29) is 16.2 Å². The van der Waals surface area contributed by atoms with Crippen molar-refractivity contribution >= 4 is 33.1 Å². The van der Waals surface area contributed by atoms with Gasteiger partial charge in [-0.05, 0) is 12.1 Å². The van der Waals surface area contributed by atoms with Crippen molar-refractivity contribution in [1.29, 1.82) is 0 Å². The minimum Gasteiger partial charge on any atom is -0.389 e. The SMILES string of the molecule is CN(C)S(=O)(=O)Nc1cccc(F)c1C(N)=S. The number of nitrogens with one attached hydrogen (secondary N) is 1. The van der Waals surface area contributed by atoms with E-state index >= 15 is 0 Å². The summed E-state index contributed by atoms with van der Waals surface area (Å²) in [7, 11) is -1.02. The van der Waals surface area contributed by atoms with E-state index in [1.165, 1.54) is 26.2 Å². The van der Waals surface area contributed by atoms with Gasteiger partial charge in [0.25, 0.3) is 0 Å². The van der Waals surface area contributed by atoms with Crippen LogP contribution in [0.5, 0.6) is 0 Å². The second-order valence-electron chi connectivity index (χ2n) is 3.42. The van der Waals surface area contributed by atoms with Crippen LogP contribution in [-0.2, 0) is 10.2 Å². The van der Waals surface area contributed by atoms with Gasteiger partial charge >= 0.3 is 10.2 Å². The fourth-order valence-corrected chi connectivity index (χ4v) is 1.93. The zero-order valence-electron chi connectivity index (χ0n) is 9.27. The lowest BCUT2D eigenvalue weighted by Gasteiger charge is -2.15. The highest BCUT2D eigenvalue weighted by atomic mass is 32.2. The first-order valence-electron chi connectivity index (χ1n) is 4.54. The van der Waals surface area contributed by atoms with Crippen LogP contribution in [-0.4, -0.2) is 31.8 Å². The highest BCUT2D eigenvalue weighted by Crippen LogP contribution is 2.20. The second-order valence-corrected chi connectivity index (χ2v) is 5.74. The zero-order valence-corrected chi connectivity index (χ0v) is 10.9. The Hall–Kier alpha value is -1.25. The largest absolute Gasteiger partial charge is 0.389 e. The van der Waals surface area contributed by atoms with Gasteiger partial charge in [-0.3, -0.25) is 4.72 Å². The molecule has 0 bridgehead atoms. The van der Waals surface area contributed by atoms with Crippen molar-refractivity contribution in [2.24, 2.45) is 5.73 Å². The Bertz CT molecular complexity index is 543. The van der Waals surface area contributed by atoms with Crippen molar-refractivity contribution in [3.8, 4) is 0 Å². The number of hydrogen-bond donors (Lipinski definition) is 2. The molecule has 94 valence electrons. The van der Waals surface area contributed by atoms with E-state index in [2.05, 4.69) is 16.9 Å². The topological polar surface area (TPSA) is 75.4 Å². The number of thiocarbonyl (C=S) groups is 1. The molecule has 0 saturated heterocycles. The smallest absolute Gasteiger partial charge is 0.301 e. The molecule has 3 N–H and O–H groups in total. The van der Waals surface area contributed by atoms with E-state index < -0.39 is 16.0 Å². The van der Waals surface area contributed by atoms with Gasteiger partial charge in [0.15, 0.2) is 0 Å². The molecule has 0 aliphatic carbocycles. The van der Waals surface area contributed by atoms with Crippen LogP contribution in [0.4, 0.5) is 10.1 Å². The van der Waals surface area contributed by atoms with Crippen LogP contribution in [0.1, 0.15) is 5.56 Å². The van der Waals surface area contributed by atoms with Gasteiger partial charge in [0.2, 0.25) is 0 Å². The molecular weight excluding hydrogens is 265 g/mol. The molecule has 0 radical (unpaired) electrons. The number of nitrogens with zero attached hydrogens (tertiary/aromatic N) is 1. The van der Waals surface area contributed by atoms with E-state index in [1.807, 2.05) is 0 Å². The number of anilines is 1. The molecule has 0 fully saturated rings. The van der Waals surface area contributed by atoms with Crippen LogP contribution in [0, 0.1) is 5.82 Å². The lowest BCUT2D eigenvalue weighted by atomic mass is 10.2. The van der Waals surface area contributed by atoms with E-state index in [9.17, 15) is 12.8 Å². The van der Waals surface area contributed by atoms with Crippen LogP contribution in [0.15, 0.2) is 18.2 Å². The van der Waals surface area contributed by atoms with Gasteiger partial charge in [-0.2, -0.15) is 12.7 Å². The van der Waals surface area contributed by atoms with Gasteiger partial charge in [-0.25, -0.2) is 4.39 Å². The monoisotopic (exact) mass is 277 g/mol. The summed E-state index contributed by atoms with van der Waals surface area (Å²) in [5, 5.41) is 0. The molecule has 0 amide bonds. The maximum absolute atomic E-state index is 13.5. The van der Waals surface area contributed by atoms with Crippen LogP contribution in [0.3, 0.4) is 0 Å². The summed E-state index contributed by atoms with van der Waals surface area (Å²) < 4.78 is 39.8. The van der Waals surface area contributed by atoms with E-state index in [0.717, 1.165) is 10.4 Å². The first-order valence-corrected chi connectivity index (χ1v) is 6.39. The average Bonchev–Trinajstić information content (AvgIpc) is 2.15. The Kier molecular flexibility index (Phi) is 4.02. The molecule has 0 heterocycles. The van der Waals surface area contributed by atoms with Gasteiger partial charge in [0, 0.05) is 14.1 Å². The summed E-state index contributed by atoms with van der Waals surface area (Å²) in [6.45, 7) is 0. The number of rotatable bonds is 4. The molecule has 5 nitrogen and oxygen atoms in total. The molecule has 8 heteroatoms. The standard InChI is InChI=1S/C9H12FN3O2S2/c1-13(2)17(14,15)12-7-5-3-4-6(10)8(7)9(11)16/h3-5,12H,1-2H3,(H2,11,16). The predicted octanol–water partition coefficient (Wildman–Crippen LogP) is 0.678. The Labute approximate surface area is 105 Å². The fourth-order valence-electron chi connectivity index (χ4n) is 1.09. The van der Waals surface area contributed by atoms with E-state index in [4.69, 9.17) is 5.73 Å². The molecule has 0 atom stereocenters. The zero-order chi connectivity index (χ0) is 13.2. The molecule has 0 aliphatic heterocycles. The highest BCUT2D eigenvalue weighted by molar-refractivity contribution is 7.90. The third kappa shape index (κ3) is 3.11. The minimum atomic E-state index is -3.72. The summed E-state index contributed by atoms with van der Waals surface area (Å²) in [5.41, 5.74) is 5.26. The summed E-state index contributed by atoms with van der Waals surface area (Å²) in [6.07, 6.45) is 0. The Balaban J connectivity index is 3.25. The maximum atomic E-state index is 13.5. The van der Waals surface area contributed by atoms with Crippen molar-refractivity contribution in [1.82, 2.24) is 4.31 Å².